The molecule has 0 saturated heterocycles. The number of benzene rings is 5. The van der Waals surface area contributed by atoms with E-state index in [0.717, 1.165) is 35.3 Å². The second-order valence-corrected chi connectivity index (χ2v) is 14.3. The maximum atomic E-state index is 14.0. The van der Waals surface area contributed by atoms with Crippen LogP contribution in [0.15, 0.2) is 96.0 Å². The topological polar surface area (TPSA) is 136 Å². The fraction of sp³-hybridized carbons (Fsp3) is 0.214. The molecule has 0 aromatic heterocycles. The van der Waals surface area contributed by atoms with E-state index in [0.29, 0.717) is 64.0 Å². The first kappa shape index (κ1) is 36.5. The lowest BCUT2D eigenvalue weighted by Gasteiger charge is -2.24. The first-order chi connectivity index (χ1) is 27.2. The summed E-state index contributed by atoms with van der Waals surface area (Å²) in [7, 11) is 5.69. The quantitative estimate of drug-likeness (QED) is 0.0579. The molecule has 0 N–H and O–H groups in total. The highest BCUT2D eigenvalue weighted by Crippen LogP contribution is 2.44. The van der Waals surface area contributed by atoms with Crippen molar-refractivity contribution in [1.29, 1.82) is 0 Å². The number of amides is 2. The Bertz CT molecular complexity index is 2420. The highest BCUT2D eigenvalue weighted by molar-refractivity contribution is 7.19. The molecular weight excluding hydrogens is 733 g/mol. The number of hydrogen-bond acceptors (Lipinski definition) is 10. The number of rotatable bonds is 11. The van der Waals surface area contributed by atoms with Crippen LogP contribution < -0.4 is 33.4 Å². The average Bonchev–Trinajstić information content (AvgIpc) is 3.80. The van der Waals surface area contributed by atoms with Crippen molar-refractivity contribution in [3.05, 3.63) is 134 Å². The molecule has 5 aromatic carbocycles. The number of nitro benzene ring substituents is 1. The van der Waals surface area contributed by atoms with E-state index in [-0.39, 0.29) is 42.5 Å². The SMILES string of the molecule is C=Nc1cc(OCc2cc(COc3cc4c(cc3OC)C(=O)N3c5ccccc5CC3CN4P)cc([N+](=O)[O-])c2)c(OC)cc1C(=O)N1CCc2ccccc21. The normalized spacial score (nSPS) is 15.3. The zero-order chi connectivity index (χ0) is 39.1. The molecule has 0 spiro atoms. The molecule has 2 amide bonds. The van der Waals surface area contributed by atoms with Gasteiger partial charge in [-0.1, -0.05) is 36.4 Å². The van der Waals surface area contributed by atoms with Gasteiger partial charge < -0.3 is 33.4 Å². The molecule has 8 rings (SSSR count). The highest BCUT2D eigenvalue weighted by atomic mass is 31.0. The third kappa shape index (κ3) is 6.64. The summed E-state index contributed by atoms with van der Waals surface area (Å²) < 4.78 is 25.7. The van der Waals surface area contributed by atoms with E-state index >= 15 is 0 Å². The van der Waals surface area contributed by atoms with Gasteiger partial charge in [0.05, 0.1) is 47.7 Å². The number of aliphatic imine (C=N–C) groups is 1. The Morgan fingerprint density at radius 3 is 2.18 bits per heavy atom. The Morgan fingerprint density at radius 1 is 0.857 bits per heavy atom. The molecule has 3 heterocycles. The highest BCUT2D eigenvalue weighted by Gasteiger charge is 2.39. The molecule has 0 saturated carbocycles. The van der Waals surface area contributed by atoms with Crippen molar-refractivity contribution in [2.75, 3.05) is 41.8 Å². The van der Waals surface area contributed by atoms with Crippen LogP contribution in [0.3, 0.4) is 0 Å². The molecular formula is C42H38N5O8P. The van der Waals surface area contributed by atoms with Crippen molar-refractivity contribution in [3.63, 3.8) is 0 Å². The molecule has 0 fully saturated rings. The summed E-state index contributed by atoms with van der Waals surface area (Å²) in [6.45, 7) is 4.69. The Hall–Kier alpha value is -6.46. The fourth-order valence-corrected chi connectivity index (χ4v) is 8.18. The molecule has 0 aliphatic carbocycles. The van der Waals surface area contributed by atoms with E-state index in [1.165, 1.54) is 26.4 Å². The fourth-order valence-electron chi connectivity index (χ4n) is 7.72. The van der Waals surface area contributed by atoms with Crippen molar-refractivity contribution < 1.29 is 33.5 Å². The summed E-state index contributed by atoms with van der Waals surface area (Å²) in [4.78, 5) is 47.0. The van der Waals surface area contributed by atoms with Crippen LogP contribution in [0.5, 0.6) is 23.0 Å². The van der Waals surface area contributed by atoms with Gasteiger partial charge in [-0.3, -0.25) is 24.7 Å². The number of nitrogens with zero attached hydrogens (tertiary/aromatic N) is 5. The van der Waals surface area contributed by atoms with E-state index in [9.17, 15) is 19.7 Å². The standard InChI is InChI=1S/C42H38N5O8P/c1-43-33-20-39(37(52-2)18-31(33)41(48)44-13-12-27-8-4-6-10-34(27)44)54-23-25-14-26(16-29(15-25)47(50)51)24-55-40-21-36-32(19-38(40)53-3)42(49)46-30(22-45(36)56)17-28-9-5-7-11-35(28)46/h4-11,14-16,18-21,30H,1,12-13,17,22-24,56H2,2-3H3. The van der Waals surface area contributed by atoms with Gasteiger partial charge in [0, 0.05) is 48.7 Å². The maximum Gasteiger partial charge on any atom is 0.270 e. The van der Waals surface area contributed by atoms with Gasteiger partial charge in [0.25, 0.3) is 17.5 Å². The molecule has 14 heteroatoms. The van der Waals surface area contributed by atoms with Crippen molar-refractivity contribution >= 4 is 56.4 Å². The summed E-state index contributed by atoms with van der Waals surface area (Å²) in [6.07, 6.45) is 1.50. The molecule has 0 bridgehead atoms. The number of hydrogen-bond donors (Lipinski definition) is 0. The zero-order valence-corrected chi connectivity index (χ0v) is 31.9. The van der Waals surface area contributed by atoms with Crippen molar-refractivity contribution in [2.45, 2.75) is 32.1 Å². The van der Waals surface area contributed by atoms with Crippen LogP contribution in [0.1, 0.15) is 43.0 Å². The second kappa shape index (κ2) is 15.0. The van der Waals surface area contributed by atoms with E-state index in [1.54, 1.807) is 35.2 Å². The van der Waals surface area contributed by atoms with Crippen LogP contribution in [0.2, 0.25) is 0 Å². The number of anilines is 3. The molecule has 2 atom stereocenters. The van der Waals surface area contributed by atoms with Gasteiger partial charge in [0.1, 0.15) is 13.2 Å². The smallest absolute Gasteiger partial charge is 0.270 e. The monoisotopic (exact) mass is 771 g/mol. The first-order valence-corrected chi connectivity index (χ1v) is 18.5. The van der Waals surface area contributed by atoms with Gasteiger partial charge in [0.15, 0.2) is 23.0 Å². The molecule has 3 aliphatic rings. The minimum absolute atomic E-state index is 0.0406. The molecule has 3 aliphatic heterocycles. The molecule has 13 nitrogen and oxygen atoms in total. The molecule has 0 radical (unpaired) electrons. The number of ether oxygens (including phenoxy) is 4. The number of para-hydroxylation sites is 2. The minimum atomic E-state index is -0.477. The first-order valence-electron chi connectivity index (χ1n) is 17.9. The lowest BCUT2D eigenvalue weighted by molar-refractivity contribution is -0.385. The Labute approximate surface area is 325 Å². The van der Waals surface area contributed by atoms with Gasteiger partial charge in [-0.2, -0.15) is 0 Å². The molecule has 56 heavy (non-hydrogen) atoms. The van der Waals surface area contributed by atoms with Gasteiger partial charge >= 0.3 is 0 Å². The zero-order valence-electron chi connectivity index (χ0n) is 30.8. The predicted molar refractivity (Wildman–Crippen MR) is 217 cm³/mol. The summed E-state index contributed by atoms with van der Waals surface area (Å²) in [5.74, 6) is 0.945. The van der Waals surface area contributed by atoms with E-state index in [2.05, 4.69) is 27.2 Å². The number of carbonyl (C=O) groups is 2. The van der Waals surface area contributed by atoms with Crippen LogP contribution in [0, 0.1) is 10.1 Å². The summed E-state index contributed by atoms with van der Waals surface area (Å²) in [5.41, 5.74) is 6.61. The largest absolute Gasteiger partial charge is 0.493 e. The predicted octanol–water partition coefficient (Wildman–Crippen LogP) is 7.49. The van der Waals surface area contributed by atoms with E-state index < -0.39 is 4.92 Å². The number of methoxy groups -OCH3 is 2. The molecule has 2 unspecified atom stereocenters. The number of non-ortho nitro benzene ring substituents is 1. The third-order valence-electron chi connectivity index (χ3n) is 10.4. The maximum absolute atomic E-state index is 14.0. The number of carbonyl (C=O) groups excluding carboxylic acids is 2. The molecule has 284 valence electrons. The van der Waals surface area contributed by atoms with E-state index in [4.69, 9.17) is 18.9 Å². The van der Waals surface area contributed by atoms with Crippen LogP contribution in [0.25, 0.3) is 0 Å². The lowest BCUT2D eigenvalue weighted by atomic mass is 10.1. The summed E-state index contributed by atoms with van der Waals surface area (Å²) in [5, 5.41) is 12.0. The summed E-state index contributed by atoms with van der Waals surface area (Å²) >= 11 is 0. The van der Waals surface area contributed by atoms with Gasteiger partial charge in [-0.15, -0.1) is 0 Å². The van der Waals surface area contributed by atoms with Crippen LogP contribution in [-0.4, -0.2) is 56.8 Å². The third-order valence-corrected chi connectivity index (χ3v) is 10.9. The molecule has 5 aromatic rings. The van der Waals surface area contributed by atoms with Gasteiger partial charge in [0.2, 0.25) is 0 Å². The minimum Gasteiger partial charge on any atom is -0.493 e. The summed E-state index contributed by atoms with van der Waals surface area (Å²) in [6, 6.07) is 26.9. The van der Waals surface area contributed by atoms with Crippen molar-refractivity contribution in [3.8, 4) is 23.0 Å². The Kier molecular flexibility index (Phi) is 9.78. The van der Waals surface area contributed by atoms with Crippen LogP contribution in [-0.2, 0) is 26.1 Å². The van der Waals surface area contributed by atoms with E-state index in [1.807, 2.05) is 52.0 Å². The number of nitro groups is 1. The average molecular weight is 772 g/mol. The van der Waals surface area contributed by atoms with Crippen LogP contribution in [0.4, 0.5) is 28.4 Å². The van der Waals surface area contributed by atoms with Gasteiger partial charge in [-0.25, -0.2) is 0 Å². The lowest BCUT2D eigenvalue weighted by Crippen LogP contribution is -2.40. The number of fused-ring (bicyclic) bond motifs is 5. The second-order valence-electron chi connectivity index (χ2n) is 13.7. The Morgan fingerprint density at radius 2 is 1.50 bits per heavy atom. The van der Waals surface area contributed by atoms with Crippen LogP contribution >= 0.6 is 9.39 Å². The van der Waals surface area contributed by atoms with Gasteiger partial charge in [-0.05, 0) is 81.5 Å². The Balaban J connectivity index is 1.02. The van der Waals surface area contributed by atoms with Crippen molar-refractivity contribution in [1.82, 2.24) is 0 Å². The van der Waals surface area contributed by atoms with Crippen molar-refractivity contribution in [2.24, 2.45) is 4.99 Å².